The highest BCUT2D eigenvalue weighted by molar-refractivity contribution is 6.35. The summed E-state index contributed by atoms with van der Waals surface area (Å²) in [5, 5.41) is 12.5. The van der Waals surface area contributed by atoms with Gasteiger partial charge in [-0.15, -0.1) is 0 Å². The molecule has 0 saturated carbocycles. The summed E-state index contributed by atoms with van der Waals surface area (Å²) in [4.78, 5) is 0. The molecular weight excluding hydrogens is 462 g/mol. The average molecular weight is 483 g/mol. The van der Waals surface area contributed by atoms with E-state index in [0.29, 0.717) is 25.7 Å². The highest BCUT2D eigenvalue weighted by atomic mass is 35.5. The van der Waals surface area contributed by atoms with Crippen LogP contribution in [0.5, 0.6) is 0 Å². The maximum absolute atomic E-state index is 10.5. The van der Waals surface area contributed by atoms with Gasteiger partial charge in [0.05, 0.1) is 21.2 Å². The van der Waals surface area contributed by atoms with Crippen molar-refractivity contribution in [2.45, 2.75) is 37.8 Å². The first-order valence-electron chi connectivity index (χ1n) is 9.41. The van der Waals surface area contributed by atoms with E-state index in [1.807, 2.05) is 0 Å². The highest BCUT2D eigenvalue weighted by Crippen LogP contribution is 2.28. The van der Waals surface area contributed by atoms with Crippen molar-refractivity contribution in [3.05, 3.63) is 67.6 Å². The molecule has 2 aromatic rings. The Morgan fingerprint density at radius 1 is 1.00 bits per heavy atom. The van der Waals surface area contributed by atoms with Crippen LogP contribution >= 0.6 is 46.4 Å². The summed E-state index contributed by atoms with van der Waals surface area (Å²) in [6.07, 6.45) is -3.43. The van der Waals surface area contributed by atoms with E-state index in [4.69, 9.17) is 66.7 Å². The fourth-order valence-corrected chi connectivity index (χ4v) is 3.86. The molecule has 0 spiro atoms. The minimum Gasteiger partial charge on any atom is -0.385 e. The second kappa shape index (κ2) is 10.6. The molecule has 1 aliphatic rings. The molecule has 158 valence electrons. The Balaban J connectivity index is 1.62. The van der Waals surface area contributed by atoms with Crippen LogP contribution in [-0.4, -0.2) is 43.4 Å². The smallest absolute Gasteiger partial charge is 0.186 e. The molecule has 0 aliphatic carbocycles. The van der Waals surface area contributed by atoms with E-state index in [0.717, 1.165) is 5.56 Å². The van der Waals surface area contributed by atoms with Gasteiger partial charge in [-0.2, -0.15) is 0 Å². The van der Waals surface area contributed by atoms with Gasteiger partial charge in [0, 0.05) is 27.2 Å². The van der Waals surface area contributed by atoms with E-state index in [1.54, 1.807) is 36.4 Å². The molecule has 9 heteroatoms. The SMILES string of the molecule is [2H]COC1O[C@H](COCc2ccc(Cl)cc2Cl)[C@@H](OCc2ccc(Cl)cc2Cl)[C@H]1O. The van der Waals surface area contributed by atoms with E-state index < -0.39 is 24.6 Å². The molecule has 1 aliphatic heterocycles. The van der Waals surface area contributed by atoms with Crippen molar-refractivity contribution >= 4 is 46.4 Å². The van der Waals surface area contributed by atoms with Crippen molar-refractivity contribution in [2.75, 3.05) is 13.7 Å². The molecule has 0 radical (unpaired) electrons. The Labute approximate surface area is 190 Å². The summed E-state index contributed by atoms with van der Waals surface area (Å²) in [7, 11) is -0.356. The molecule has 3 rings (SSSR count). The lowest BCUT2D eigenvalue weighted by atomic mass is 10.1. The van der Waals surface area contributed by atoms with Crippen LogP contribution in [0.3, 0.4) is 0 Å². The molecule has 0 aromatic heterocycles. The first-order chi connectivity index (χ1) is 14.4. The fourth-order valence-electron chi connectivity index (χ4n) is 2.93. The van der Waals surface area contributed by atoms with Crippen molar-refractivity contribution in [3.63, 3.8) is 0 Å². The van der Waals surface area contributed by atoms with Crippen LogP contribution in [0.4, 0.5) is 0 Å². The zero-order valence-electron chi connectivity index (χ0n) is 16.2. The van der Waals surface area contributed by atoms with Gasteiger partial charge in [0.25, 0.3) is 0 Å². The van der Waals surface area contributed by atoms with Crippen LogP contribution in [0.2, 0.25) is 20.1 Å². The molecule has 29 heavy (non-hydrogen) atoms. The Bertz CT molecular complexity index is 856. The van der Waals surface area contributed by atoms with Gasteiger partial charge in [-0.25, -0.2) is 0 Å². The quantitative estimate of drug-likeness (QED) is 0.564. The van der Waals surface area contributed by atoms with E-state index >= 15 is 0 Å². The second-order valence-corrected chi connectivity index (χ2v) is 8.15. The monoisotopic (exact) mass is 481 g/mol. The maximum Gasteiger partial charge on any atom is 0.186 e. The Kier molecular flexibility index (Phi) is 7.92. The van der Waals surface area contributed by atoms with E-state index in [1.165, 1.54) is 0 Å². The van der Waals surface area contributed by atoms with Crippen molar-refractivity contribution in [2.24, 2.45) is 0 Å². The van der Waals surface area contributed by atoms with Gasteiger partial charge >= 0.3 is 0 Å². The van der Waals surface area contributed by atoms with Crippen LogP contribution in [0.25, 0.3) is 0 Å². The van der Waals surface area contributed by atoms with Crippen LogP contribution in [0.15, 0.2) is 36.4 Å². The normalized spacial score (nSPS) is 24.7. The number of ether oxygens (including phenoxy) is 4. The average Bonchev–Trinajstić information content (AvgIpc) is 2.98. The predicted octanol–water partition coefficient (Wildman–Crippen LogP) is 5.13. The van der Waals surface area contributed by atoms with Crippen molar-refractivity contribution < 1.29 is 25.4 Å². The third-order valence-electron chi connectivity index (χ3n) is 4.46. The number of hydrogen-bond donors (Lipinski definition) is 1. The predicted molar refractivity (Wildman–Crippen MR) is 113 cm³/mol. The third-order valence-corrected chi connectivity index (χ3v) is 5.63. The highest BCUT2D eigenvalue weighted by Gasteiger charge is 2.45. The summed E-state index contributed by atoms with van der Waals surface area (Å²) in [6.45, 7) is 0.479. The Hall–Kier alpha value is -0.600. The number of hydrogen-bond acceptors (Lipinski definition) is 5. The number of halogens is 4. The van der Waals surface area contributed by atoms with Gasteiger partial charge in [-0.3, -0.25) is 0 Å². The zero-order chi connectivity index (χ0) is 21.7. The zero-order valence-corrected chi connectivity index (χ0v) is 18.2. The van der Waals surface area contributed by atoms with E-state index in [2.05, 4.69) is 0 Å². The number of rotatable bonds is 8. The molecule has 1 N–H and O–H groups in total. The van der Waals surface area contributed by atoms with Crippen molar-refractivity contribution in [3.8, 4) is 0 Å². The fraction of sp³-hybridized carbons (Fsp3) is 0.400. The van der Waals surface area contributed by atoms with Crippen LogP contribution in [0, 0.1) is 0 Å². The first-order valence-corrected chi connectivity index (χ1v) is 10.2. The molecular formula is C20H20Cl4O5. The van der Waals surface area contributed by atoms with E-state index in [9.17, 15) is 5.11 Å². The summed E-state index contributed by atoms with van der Waals surface area (Å²) >= 11 is 24.2. The lowest BCUT2D eigenvalue weighted by Gasteiger charge is -2.21. The second-order valence-electron chi connectivity index (χ2n) is 6.46. The molecule has 1 unspecified atom stereocenters. The van der Waals surface area contributed by atoms with Gasteiger partial charge in [0.1, 0.15) is 18.3 Å². The summed E-state index contributed by atoms with van der Waals surface area (Å²) in [5.41, 5.74) is 1.48. The van der Waals surface area contributed by atoms with Crippen molar-refractivity contribution in [1.29, 1.82) is 0 Å². The molecule has 1 saturated heterocycles. The lowest BCUT2D eigenvalue weighted by Crippen LogP contribution is -2.37. The summed E-state index contributed by atoms with van der Waals surface area (Å²) in [5.74, 6) is 0. The standard InChI is InChI=1S/C20H20Cl4O5/c1-26-20-18(25)19(28-9-12-3-5-14(22)7-16(12)24)17(29-20)10-27-8-11-2-4-13(21)6-15(11)23/h2-7,17-20,25H,8-10H2,1H3/t17-,18-,19-,20?/m1/s1/i1D. The lowest BCUT2D eigenvalue weighted by molar-refractivity contribution is -0.156. The largest absolute Gasteiger partial charge is 0.385 e. The Morgan fingerprint density at radius 2 is 1.62 bits per heavy atom. The van der Waals surface area contributed by atoms with Gasteiger partial charge in [-0.1, -0.05) is 58.5 Å². The van der Waals surface area contributed by atoms with Gasteiger partial charge < -0.3 is 24.1 Å². The first kappa shape index (κ1) is 21.6. The molecule has 0 bridgehead atoms. The minimum atomic E-state index is -1.09. The van der Waals surface area contributed by atoms with Crippen molar-refractivity contribution in [1.82, 2.24) is 0 Å². The number of methoxy groups -OCH3 is 1. The number of aliphatic hydroxyl groups is 1. The molecule has 0 amide bonds. The van der Waals surface area contributed by atoms with Gasteiger partial charge in [0.15, 0.2) is 6.29 Å². The van der Waals surface area contributed by atoms with E-state index in [-0.39, 0.29) is 26.9 Å². The molecule has 2 aromatic carbocycles. The van der Waals surface area contributed by atoms with Crippen LogP contribution in [0.1, 0.15) is 12.5 Å². The maximum atomic E-state index is 10.5. The molecule has 1 heterocycles. The summed E-state index contributed by atoms with van der Waals surface area (Å²) in [6, 6.07) is 10.2. The molecule has 4 atom stereocenters. The van der Waals surface area contributed by atoms with Crippen LogP contribution in [-0.2, 0) is 32.2 Å². The minimum absolute atomic E-state index is 0.118. The molecule has 1 fully saturated rings. The van der Waals surface area contributed by atoms with Gasteiger partial charge in [0.2, 0.25) is 0 Å². The molecule has 5 nitrogen and oxygen atoms in total. The van der Waals surface area contributed by atoms with Crippen LogP contribution < -0.4 is 0 Å². The number of benzene rings is 2. The number of aliphatic hydroxyl groups excluding tert-OH is 1. The summed E-state index contributed by atoms with van der Waals surface area (Å²) < 4.78 is 29.7. The van der Waals surface area contributed by atoms with Gasteiger partial charge in [-0.05, 0) is 35.4 Å². The topological polar surface area (TPSA) is 57.2 Å². The third kappa shape index (κ3) is 5.97. The Morgan fingerprint density at radius 3 is 2.21 bits per heavy atom.